The van der Waals surface area contributed by atoms with Gasteiger partial charge in [0.1, 0.15) is 5.82 Å². The fourth-order valence-corrected chi connectivity index (χ4v) is 2.26. The zero-order valence-electron chi connectivity index (χ0n) is 13.7. The molecule has 0 aliphatic carbocycles. The van der Waals surface area contributed by atoms with E-state index in [1.54, 1.807) is 12.1 Å². The van der Waals surface area contributed by atoms with Gasteiger partial charge in [-0.1, -0.05) is 24.3 Å². The van der Waals surface area contributed by atoms with Gasteiger partial charge in [0.2, 0.25) is 5.95 Å². The van der Waals surface area contributed by atoms with E-state index >= 15 is 0 Å². The van der Waals surface area contributed by atoms with Crippen LogP contribution in [0.3, 0.4) is 0 Å². The van der Waals surface area contributed by atoms with Crippen molar-refractivity contribution in [1.82, 2.24) is 15.3 Å². The molecular weight excluding hydrogens is 319 g/mol. The number of benzene rings is 2. The summed E-state index contributed by atoms with van der Waals surface area (Å²) < 4.78 is 12.9. The lowest BCUT2D eigenvalue weighted by atomic mass is 10.1. The SMILES string of the molecule is Cc1ccccc1CNC(=O)c1cnc(Nc2ccc(F)cc2)nc1. The Balaban J connectivity index is 1.60. The highest BCUT2D eigenvalue weighted by molar-refractivity contribution is 5.93. The molecule has 2 aromatic carbocycles. The van der Waals surface area contributed by atoms with Crippen molar-refractivity contribution >= 4 is 17.5 Å². The molecule has 0 unspecified atom stereocenters. The highest BCUT2D eigenvalue weighted by Crippen LogP contribution is 2.13. The number of hydrogen-bond acceptors (Lipinski definition) is 4. The van der Waals surface area contributed by atoms with Crippen LogP contribution in [-0.2, 0) is 6.54 Å². The van der Waals surface area contributed by atoms with Crippen molar-refractivity contribution < 1.29 is 9.18 Å². The number of amides is 1. The van der Waals surface area contributed by atoms with Crippen molar-refractivity contribution in [2.45, 2.75) is 13.5 Å². The van der Waals surface area contributed by atoms with Gasteiger partial charge in [-0.05, 0) is 42.3 Å². The Kier molecular flexibility index (Phi) is 4.99. The summed E-state index contributed by atoms with van der Waals surface area (Å²) in [5, 5.41) is 5.79. The van der Waals surface area contributed by atoms with E-state index in [0.717, 1.165) is 11.1 Å². The number of aryl methyl sites for hydroxylation is 1. The van der Waals surface area contributed by atoms with E-state index in [2.05, 4.69) is 20.6 Å². The highest BCUT2D eigenvalue weighted by Gasteiger charge is 2.08. The molecule has 0 atom stereocenters. The summed E-state index contributed by atoms with van der Waals surface area (Å²) >= 11 is 0. The Morgan fingerprint density at radius 2 is 1.72 bits per heavy atom. The van der Waals surface area contributed by atoms with Crippen LogP contribution in [0.15, 0.2) is 60.9 Å². The molecule has 0 aliphatic heterocycles. The van der Waals surface area contributed by atoms with Crippen molar-refractivity contribution in [3.05, 3.63) is 83.4 Å². The van der Waals surface area contributed by atoms with Gasteiger partial charge in [-0.15, -0.1) is 0 Å². The predicted molar refractivity (Wildman–Crippen MR) is 94.1 cm³/mol. The number of carbonyl (C=O) groups is 1. The zero-order chi connectivity index (χ0) is 17.6. The molecule has 25 heavy (non-hydrogen) atoms. The fourth-order valence-electron chi connectivity index (χ4n) is 2.26. The molecule has 0 fully saturated rings. The van der Waals surface area contributed by atoms with Gasteiger partial charge in [0.15, 0.2) is 0 Å². The molecule has 0 bridgehead atoms. The standard InChI is InChI=1S/C19H17FN4O/c1-13-4-2-3-5-14(13)10-21-18(25)15-11-22-19(23-12-15)24-17-8-6-16(20)7-9-17/h2-9,11-12H,10H2,1H3,(H,21,25)(H,22,23,24). The first-order valence-electron chi connectivity index (χ1n) is 7.79. The van der Waals surface area contributed by atoms with Crippen LogP contribution in [-0.4, -0.2) is 15.9 Å². The van der Waals surface area contributed by atoms with Crippen molar-refractivity contribution in [1.29, 1.82) is 0 Å². The predicted octanol–water partition coefficient (Wildman–Crippen LogP) is 3.60. The van der Waals surface area contributed by atoms with Crippen LogP contribution in [0.25, 0.3) is 0 Å². The molecular formula is C19H17FN4O. The lowest BCUT2D eigenvalue weighted by Gasteiger charge is -2.08. The molecule has 0 spiro atoms. The van der Waals surface area contributed by atoms with Gasteiger partial charge in [-0.25, -0.2) is 14.4 Å². The van der Waals surface area contributed by atoms with E-state index in [1.165, 1.54) is 24.5 Å². The summed E-state index contributed by atoms with van der Waals surface area (Å²) in [6.07, 6.45) is 2.90. The molecule has 0 saturated carbocycles. The van der Waals surface area contributed by atoms with Crippen LogP contribution in [0.1, 0.15) is 21.5 Å². The molecule has 2 N–H and O–H groups in total. The van der Waals surface area contributed by atoms with E-state index in [9.17, 15) is 9.18 Å². The van der Waals surface area contributed by atoms with Crippen LogP contribution in [0.5, 0.6) is 0 Å². The van der Waals surface area contributed by atoms with Crippen LogP contribution in [0.2, 0.25) is 0 Å². The quantitative estimate of drug-likeness (QED) is 0.747. The lowest BCUT2D eigenvalue weighted by molar-refractivity contribution is 0.0950. The Morgan fingerprint density at radius 1 is 1.04 bits per heavy atom. The molecule has 6 heteroatoms. The molecule has 0 saturated heterocycles. The van der Waals surface area contributed by atoms with Crippen LogP contribution < -0.4 is 10.6 Å². The summed E-state index contributed by atoms with van der Waals surface area (Å²) in [5.74, 6) is -0.217. The average molecular weight is 336 g/mol. The number of halogens is 1. The number of anilines is 2. The van der Waals surface area contributed by atoms with Crippen LogP contribution >= 0.6 is 0 Å². The van der Waals surface area contributed by atoms with Crippen molar-refractivity contribution in [2.75, 3.05) is 5.32 Å². The molecule has 0 aliphatic rings. The molecule has 126 valence electrons. The van der Waals surface area contributed by atoms with E-state index in [4.69, 9.17) is 0 Å². The van der Waals surface area contributed by atoms with Gasteiger partial charge in [0, 0.05) is 24.6 Å². The Labute approximate surface area is 145 Å². The third-order valence-corrected chi connectivity index (χ3v) is 3.72. The largest absolute Gasteiger partial charge is 0.348 e. The monoisotopic (exact) mass is 336 g/mol. The zero-order valence-corrected chi connectivity index (χ0v) is 13.7. The summed E-state index contributed by atoms with van der Waals surface area (Å²) in [5.41, 5.74) is 3.22. The second-order valence-corrected chi connectivity index (χ2v) is 5.54. The number of carbonyl (C=O) groups excluding carboxylic acids is 1. The smallest absolute Gasteiger partial charge is 0.254 e. The molecule has 1 aromatic heterocycles. The number of aromatic nitrogens is 2. The first-order chi connectivity index (χ1) is 12.1. The third-order valence-electron chi connectivity index (χ3n) is 3.72. The minimum atomic E-state index is -0.313. The Morgan fingerprint density at radius 3 is 2.40 bits per heavy atom. The van der Waals surface area contributed by atoms with Gasteiger partial charge >= 0.3 is 0 Å². The second-order valence-electron chi connectivity index (χ2n) is 5.54. The van der Waals surface area contributed by atoms with Gasteiger partial charge < -0.3 is 10.6 Å². The van der Waals surface area contributed by atoms with E-state index in [0.29, 0.717) is 23.7 Å². The minimum Gasteiger partial charge on any atom is -0.348 e. The number of rotatable bonds is 5. The van der Waals surface area contributed by atoms with Gasteiger partial charge in [0.05, 0.1) is 5.56 Å². The molecule has 3 rings (SSSR count). The van der Waals surface area contributed by atoms with Crippen molar-refractivity contribution in [3.8, 4) is 0 Å². The maximum Gasteiger partial charge on any atom is 0.254 e. The number of hydrogen-bond donors (Lipinski definition) is 2. The van der Waals surface area contributed by atoms with Gasteiger partial charge in [-0.2, -0.15) is 0 Å². The molecule has 3 aromatic rings. The topological polar surface area (TPSA) is 66.9 Å². The summed E-state index contributed by atoms with van der Waals surface area (Å²) in [7, 11) is 0. The van der Waals surface area contributed by atoms with E-state index in [1.807, 2.05) is 31.2 Å². The summed E-state index contributed by atoms with van der Waals surface area (Å²) in [6, 6.07) is 13.7. The van der Waals surface area contributed by atoms with Gasteiger partial charge in [0.25, 0.3) is 5.91 Å². The summed E-state index contributed by atoms with van der Waals surface area (Å²) in [6.45, 7) is 2.45. The maximum absolute atomic E-state index is 12.9. The van der Waals surface area contributed by atoms with Crippen LogP contribution in [0, 0.1) is 12.7 Å². The average Bonchev–Trinajstić information content (AvgIpc) is 2.63. The molecule has 5 nitrogen and oxygen atoms in total. The van der Waals surface area contributed by atoms with Crippen molar-refractivity contribution in [3.63, 3.8) is 0 Å². The first-order valence-corrected chi connectivity index (χ1v) is 7.79. The van der Waals surface area contributed by atoms with E-state index in [-0.39, 0.29) is 11.7 Å². The maximum atomic E-state index is 12.9. The Hall–Kier alpha value is -3.28. The molecule has 1 heterocycles. The molecule has 0 radical (unpaired) electrons. The summed E-state index contributed by atoms with van der Waals surface area (Å²) in [4.78, 5) is 20.4. The van der Waals surface area contributed by atoms with Crippen molar-refractivity contribution in [2.24, 2.45) is 0 Å². The molecule has 1 amide bonds. The van der Waals surface area contributed by atoms with Crippen LogP contribution in [0.4, 0.5) is 16.0 Å². The van der Waals surface area contributed by atoms with Gasteiger partial charge in [-0.3, -0.25) is 4.79 Å². The lowest BCUT2D eigenvalue weighted by Crippen LogP contribution is -2.23. The fraction of sp³-hybridized carbons (Fsp3) is 0.105. The minimum absolute atomic E-state index is 0.239. The number of nitrogens with one attached hydrogen (secondary N) is 2. The second kappa shape index (κ2) is 7.53. The normalized spacial score (nSPS) is 10.3. The van der Waals surface area contributed by atoms with E-state index < -0.39 is 0 Å². The Bertz CT molecular complexity index is 863. The third kappa shape index (κ3) is 4.38. The first kappa shape index (κ1) is 16.6. The highest BCUT2D eigenvalue weighted by atomic mass is 19.1. The number of nitrogens with zero attached hydrogens (tertiary/aromatic N) is 2.